The summed E-state index contributed by atoms with van der Waals surface area (Å²) in [5, 5.41) is 0. The molecule has 4 heteroatoms. The lowest BCUT2D eigenvalue weighted by molar-refractivity contribution is -0.137. The summed E-state index contributed by atoms with van der Waals surface area (Å²) in [5.74, 6) is 0.384. The van der Waals surface area contributed by atoms with Gasteiger partial charge in [-0.15, -0.1) is 0 Å². The Labute approximate surface area is 135 Å². The molecule has 0 bridgehead atoms. The molecule has 0 radical (unpaired) electrons. The number of hydrogen-bond acceptors (Lipinski definition) is 3. The van der Waals surface area contributed by atoms with E-state index in [2.05, 4.69) is 9.80 Å². The Morgan fingerprint density at radius 2 is 1.64 bits per heavy atom. The number of carbonyl (C=O) groups excluding carboxylic acids is 1. The number of amides is 1. The summed E-state index contributed by atoms with van der Waals surface area (Å²) in [7, 11) is 0. The SMILES string of the molecule is O=C(CCN1CCCCCC1)N1CCCC2(CCOCC2)C1. The van der Waals surface area contributed by atoms with Gasteiger partial charge in [-0.1, -0.05) is 12.8 Å². The van der Waals surface area contributed by atoms with Crippen molar-refractivity contribution < 1.29 is 9.53 Å². The number of piperidine rings is 1. The van der Waals surface area contributed by atoms with Crippen LogP contribution in [0.5, 0.6) is 0 Å². The maximum absolute atomic E-state index is 12.6. The van der Waals surface area contributed by atoms with Gasteiger partial charge in [0.2, 0.25) is 5.91 Å². The second-order valence-electron chi connectivity index (χ2n) is 7.54. The highest BCUT2D eigenvalue weighted by Crippen LogP contribution is 2.39. The first-order valence-electron chi connectivity index (χ1n) is 9.35. The van der Waals surface area contributed by atoms with Crippen LogP contribution in [0.3, 0.4) is 0 Å². The van der Waals surface area contributed by atoms with Gasteiger partial charge >= 0.3 is 0 Å². The van der Waals surface area contributed by atoms with Gasteiger partial charge in [-0.25, -0.2) is 0 Å². The Hall–Kier alpha value is -0.610. The highest BCUT2D eigenvalue weighted by molar-refractivity contribution is 5.76. The van der Waals surface area contributed by atoms with Crippen LogP contribution in [0, 0.1) is 5.41 Å². The van der Waals surface area contributed by atoms with E-state index in [-0.39, 0.29) is 0 Å². The largest absolute Gasteiger partial charge is 0.381 e. The molecule has 3 heterocycles. The number of ether oxygens (including phenoxy) is 1. The van der Waals surface area contributed by atoms with Crippen LogP contribution in [0.15, 0.2) is 0 Å². The van der Waals surface area contributed by atoms with Crippen LogP contribution in [-0.2, 0) is 9.53 Å². The van der Waals surface area contributed by atoms with E-state index in [1.165, 1.54) is 51.6 Å². The van der Waals surface area contributed by atoms with Crippen molar-refractivity contribution in [2.45, 2.75) is 57.8 Å². The van der Waals surface area contributed by atoms with Crippen molar-refractivity contribution in [2.75, 3.05) is 45.9 Å². The normalized spacial score (nSPS) is 26.8. The first-order chi connectivity index (χ1) is 10.8. The number of rotatable bonds is 3. The monoisotopic (exact) mass is 308 g/mol. The fourth-order valence-corrected chi connectivity index (χ4v) is 4.40. The molecule has 0 N–H and O–H groups in total. The molecule has 3 saturated heterocycles. The van der Waals surface area contributed by atoms with E-state index >= 15 is 0 Å². The zero-order valence-electron chi connectivity index (χ0n) is 14.0. The molecule has 0 aromatic heterocycles. The zero-order valence-corrected chi connectivity index (χ0v) is 14.0. The van der Waals surface area contributed by atoms with E-state index in [9.17, 15) is 4.79 Å². The minimum atomic E-state index is 0.370. The predicted octanol–water partition coefficient (Wildman–Crippen LogP) is 2.67. The first kappa shape index (κ1) is 16.3. The van der Waals surface area contributed by atoms with Crippen molar-refractivity contribution in [1.29, 1.82) is 0 Å². The van der Waals surface area contributed by atoms with Gasteiger partial charge in [0.15, 0.2) is 0 Å². The van der Waals surface area contributed by atoms with Crippen molar-refractivity contribution in [1.82, 2.24) is 9.80 Å². The second kappa shape index (κ2) is 7.78. The minimum Gasteiger partial charge on any atom is -0.381 e. The van der Waals surface area contributed by atoms with Crippen LogP contribution in [0.1, 0.15) is 57.8 Å². The lowest BCUT2D eigenvalue weighted by Crippen LogP contribution is -2.48. The van der Waals surface area contributed by atoms with Crippen LogP contribution in [0.25, 0.3) is 0 Å². The van der Waals surface area contributed by atoms with E-state index in [0.29, 0.717) is 17.7 Å². The molecule has 126 valence electrons. The van der Waals surface area contributed by atoms with Gasteiger partial charge in [0.05, 0.1) is 0 Å². The molecule has 4 nitrogen and oxygen atoms in total. The molecule has 0 aromatic rings. The summed E-state index contributed by atoms with van der Waals surface area (Å²) in [6.45, 7) is 7.07. The standard InChI is InChI=1S/C18H32N2O2/c21-17(6-13-19-10-3-1-2-4-11-19)20-12-5-7-18(16-20)8-14-22-15-9-18/h1-16H2. The summed E-state index contributed by atoms with van der Waals surface area (Å²) in [5.41, 5.74) is 0.370. The van der Waals surface area contributed by atoms with E-state index in [1.54, 1.807) is 0 Å². The summed E-state index contributed by atoms with van der Waals surface area (Å²) >= 11 is 0. The van der Waals surface area contributed by atoms with Crippen LogP contribution in [0.2, 0.25) is 0 Å². The van der Waals surface area contributed by atoms with E-state index < -0.39 is 0 Å². The molecule has 3 aliphatic heterocycles. The smallest absolute Gasteiger partial charge is 0.223 e. The summed E-state index contributed by atoms with van der Waals surface area (Å²) in [6.07, 6.45) is 10.8. The molecule has 0 aromatic carbocycles. The summed E-state index contributed by atoms with van der Waals surface area (Å²) in [4.78, 5) is 17.3. The van der Waals surface area contributed by atoms with Gasteiger partial charge in [0.1, 0.15) is 0 Å². The number of hydrogen-bond donors (Lipinski definition) is 0. The highest BCUT2D eigenvalue weighted by atomic mass is 16.5. The third kappa shape index (κ3) is 4.23. The molecule has 0 saturated carbocycles. The third-order valence-corrected chi connectivity index (χ3v) is 5.91. The average molecular weight is 308 g/mol. The Kier molecular flexibility index (Phi) is 5.75. The van der Waals surface area contributed by atoms with E-state index in [1.807, 2.05) is 0 Å². The molecule has 0 atom stereocenters. The predicted molar refractivity (Wildman–Crippen MR) is 87.8 cm³/mol. The minimum absolute atomic E-state index is 0.370. The Morgan fingerprint density at radius 3 is 2.36 bits per heavy atom. The van der Waals surface area contributed by atoms with Crippen molar-refractivity contribution in [3.8, 4) is 0 Å². The van der Waals surface area contributed by atoms with Crippen LogP contribution in [0.4, 0.5) is 0 Å². The average Bonchev–Trinajstić information content (AvgIpc) is 2.82. The van der Waals surface area contributed by atoms with Gasteiger partial charge < -0.3 is 14.5 Å². The van der Waals surface area contributed by atoms with Gasteiger partial charge in [0, 0.05) is 39.3 Å². The molecule has 0 unspecified atom stereocenters. The molecule has 1 amide bonds. The number of nitrogens with zero attached hydrogens (tertiary/aromatic N) is 2. The third-order valence-electron chi connectivity index (χ3n) is 5.91. The first-order valence-corrected chi connectivity index (χ1v) is 9.35. The topological polar surface area (TPSA) is 32.8 Å². The van der Waals surface area contributed by atoms with Crippen LogP contribution >= 0.6 is 0 Å². The molecular weight excluding hydrogens is 276 g/mol. The second-order valence-corrected chi connectivity index (χ2v) is 7.54. The fourth-order valence-electron chi connectivity index (χ4n) is 4.40. The van der Waals surface area contributed by atoms with Gasteiger partial charge in [-0.2, -0.15) is 0 Å². The van der Waals surface area contributed by atoms with Crippen LogP contribution < -0.4 is 0 Å². The number of likely N-dealkylation sites (tertiary alicyclic amines) is 2. The van der Waals surface area contributed by atoms with Crippen molar-refractivity contribution in [3.63, 3.8) is 0 Å². The lowest BCUT2D eigenvalue weighted by atomic mass is 9.74. The van der Waals surface area contributed by atoms with E-state index in [0.717, 1.165) is 45.7 Å². The summed E-state index contributed by atoms with van der Waals surface area (Å²) in [6, 6.07) is 0. The quantitative estimate of drug-likeness (QED) is 0.803. The maximum atomic E-state index is 12.6. The zero-order chi connectivity index (χ0) is 15.3. The number of carbonyl (C=O) groups is 1. The Morgan fingerprint density at radius 1 is 0.909 bits per heavy atom. The molecular formula is C18H32N2O2. The fraction of sp³-hybridized carbons (Fsp3) is 0.944. The summed E-state index contributed by atoms with van der Waals surface area (Å²) < 4.78 is 5.52. The van der Waals surface area contributed by atoms with Crippen molar-refractivity contribution in [3.05, 3.63) is 0 Å². The molecule has 3 aliphatic rings. The van der Waals surface area contributed by atoms with Crippen LogP contribution in [-0.4, -0.2) is 61.6 Å². The van der Waals surface area contributed by atoms with Gasteiger partial charge in [0.25, 0.3) is 0 Å². The maximum Gasteiger partial charge on any atom is 0.223 e. The molecule has 3 rings (SSSR count). The van der Waals surface area contributed by atoms with Crippen molar-refractivity contribution >= 4 is 5.91 Å². The lowest BCUT2D eigenvalue weighted by Gasteiger charge is -2.45. The Balaban J connectivity index is 1.46. The highest BCUT2D eigenvalue weighted by Gasteiger charge is 2.38. The molecule has 22 heavy (non-hydrogen) atoms. The molecule has 0 aliphatic carbocycles. The van der Waals surface area contributed by atoms with E-state index in [4.69, 9.17) is 4.74 Å². The molecule has 3 fully saturated rings. The Bertz CT molecular complexity index is 353. The van der Waals surface area contributed by atoms with Gasteiger partial charge in [-0.3, -0.25) is 4.79 Å². The molecule has 1 spiro atoms. The van der Waals surface area contributed by atoms with Crippen molar-refractivity contribution in [2.24, 2.45) is 5.41 Å². The van der Waals surface area contributed by atoms with Gasteiger partial charge in [-0.05, 0) is 57.0 Å².